The Bertz CT molecular complexity index is 977. The van der Waals surface area contributed by atoms with Crippen LogP contribution in [0, 0.1) is 5.92 Å². The lowest BCUT2D eigenvalue weighted by Gasteiger charge is -2.24. The predicted octanol–water partition coefficient (Wildman–Crippen LogP) is 3.75. The Morgan fingerprint density at radius 3 is 2.61 bits per heavy atom. The average Bonchev–Trinajstić information content (AvgIpc) is 2.99. The summed E-state index contributed by atoms with van der Waals surface area (Å²) in [6, 6.07) is 1.42. The molecular weight excluding hydrogens is 360 g/mol. The van der Waals surface area contributed by atoms with Crippen molar-refractivity contribution < 1.29 is 24.2 Å². The summed E-state index contributed by atoms with van der Waals surface area (Å²) in [4.78, 5) is 25.1. The number of ketones is 1. The van der Waals surface area contributed by atoms with Crippen LogP contribution in [0.2, 0.25) is 0 Å². The summed E-state index contributed by atoms with van der Waals surface area (Å²) in [5.41, 5.74) is -0.379. The van der Waals surface area contributed by atoms with E-state index in [1.54, 1.807) is 13.8 Å². The van der Waals surface area contributed by atoms with Crippen LogP contribution in [-0.4, -0.2) is 27.7 Å². The number of aliphatic hydroxyl groups is 1. The Labute approximate surface area is 164 Å². The van der Waals surface area contributed by atoms with Gasteiger partial charge in [-0.1, -0.05) is 27.2 Å². The molecule has 2 heterocycles. The third-order valence-corrected chi connectivity index (χ3v) is 5.12. The molecular formula is C22H28O6. The highest BCUT2D eigenvalue weighted by Gasteiger charge is 2.40. The van der Waals surface area contributed by atoms with Gasteiger partial charge in [0.2, 0.25) is 0 Å². The molecule has 6 nitrogen and oxygen atoms in total. The highest BCUT2D eigenvalue weighted by atomic mass is 16.5. The summed E-state index contributed by atoms with van der Waals surface area (Å²) in [6.07, 6.45) is 1.31. The molecule has 0 amide bonds. The Morgan fingerprint density at radius 1 is 1.36 bits per heavy atom. The molecule has 1 atom stereocenters. The molecule has 0 spiro atoms. The minimum Gasteiger partial charge on any atom is -0.507 e. The summed E-state index contributed by atoms with van der Waals surface area (Å²) >= 11 is 0. The minimum atomic E-state index is -1.14. The number of aryl methyl sites for hydroxylation is 1. The van der Waals surface area contributed by atoms with Crippen molar-refractivity contribution in [1.82, 2.24) is 0 Å². The standard InChI is InChI=1S/C22H28O6/c1-6-7-12-9-16(24)28-21-17(12)20-13(10-15(27-20)22(4,5)26)19(25)18(21)14(23)8-11(2)3/h9,11,15,25-26H,6-8,10H2,1-5H3/t15-/m0/s1. The Balaban J connectivity index is 2.36. The van der Waals surface area contributed by atoms with E-state index in [0.717, 1.165) is 12.0 Å². The molecule has 0 aliphatic carbocycles. The van der Waals surface area contributed by atoms with Gasteiger partial charge in [0.1, 0.15) is 23.2 Å². The first-order valence-electron chi connectivity index (χ1n) is 9.81. The zero-order valence-corrected chi connectivity index (χ0v) is 17.1. The number of carbonyl (C=O) groups excluding carboxylic acids is 1. The number of benzene rings is 1. The first-order chi connectivity index (χ1) is 13.0. The van der Waals surface area contributed by atoms with Gasteiger partial charge >= 0.3 is 5.63 Å². The Morgan fingerprint density at radius 2 is 2.04 bits per heavy atom. The summed E-state index contributed by atoms with van der Waals surface area (Å²) in [5.74, 6) is -0.00504. The summed E-state index contributed by atoms with van der Waals surface area (Å²) < 4.78 is 11.5. The van der Waals surface area contributed by atoms with Gasteiger partial charge in [-0.3, -0.25) is 4.79 Å². The third kappa shape index (κ3) is 3.53. The molecule has 28 heavy (non-hydrogen) atoms. The molecule has 2 N–H and O–H groups in total. The zero-order valence-electron chi connectivity index (χ0n) is 17.1. The normalized spacial score (nSPS) is 16.5. The van der Waals surface area contributed by atoms with E-state index in [2.05, 4.69) is 0 Å². The monoisotopic (exact) mass is 388 g/mol. The van der Waals surface area contributed by atoms with Crippen molar-refractivity contribution in [3.05, 3.63) is 33.2 Å². The van der Waals surface area contributed by atoms with Crippen LogP contribution in [0.4, 0.5) is 0 Å². The molecule has 0 fully saturated rings. The second-order valence-electron chi connectivity index (χ2n) is 8.56. The van der Waals surface area contributed by atoms with Crippen LogP contribution in [0.25, 0.3) is 11.0 Å². The first kappa shape index (κ1) is 20.4. The quantitative estimate of drug-likeness (QED) is 0.578. The number of aromatic hydroxyl groups is 1. The van der Waals surface area contributed by atoms with E-state index in [9.17, 15) is 19.8 Å². The number of phenolic OH excluding ortho intramolecular Hbond substituents is 1. The molecule has 0 saturated carbocycles. The predicted molar refractivity (Wildman–Crippen MR) is 106 cm³/mol. The van der Waals surface area contributed by atoms with E-state index >= 15 is 0 Å². The number of hydrogen-bond acceptors (Lipinski definition) is 6. The molecule has 1 aliphatic rings. The number of hydrogen-bond donors (Lipinski definition) is 2. The van der Waals surface area contributed by atoms with Crippen molar-refractivity contribution in [1.29, 1.82) is 0 Å². The van der Waals surface area contributed by atoms with Crippen LogP contribution in [0.15, 0.2) is 15.3 Å². The van der Waals surface area contributed by atoms with Crippen LogP contribution in [0.1, 0.15) is 68.9 Å². The van der Waals surface area contributed by atoms with E-state index in [1.165, 1.54) is 6.07 Å². The molecule has 0 saturated heterocycles. The van der Waals surface area contributed by atoms with Gasteiger partial charge in [-0.15, -0.1) is 0 Å². The van der Waals surface area contributed by atoms with Crippen molar-refractivity contribution in [2.24, 2.45) is 5.92 Å². The SMILES string of the molecule is CCCc1cc(=O)oc2c(C(=O)CC(C)C)c(O)c3c(c12)O[C@H](C(C)(C)O)C3. The van der Waals surface area contributed by atoms with Crippen molar-refractivity contribution in [2.75, 3.05) is 0 Å². The fourth-order valence-electron chi connectivity index (χ4n) is 3.76. The number of Topliss-reactive ketones (excluding diaryl/α,β-unsaturated/α-hetero) is 1. The maximum absolute atomic E-state index is 12.9. The minimum absolute atomic E-state index is 0.0394. The zero-order chi connectivity index (χ0) is 20.8. The number of phenols is 1. The fourth-order valence-corrected chi connectivity index (χ4v) is 3.76. The molecule has 0 unspecified atom stereocenters. The average molecular weight is 388 g/mol. The van der Waals surface area contributed by atoms with Gasteiger partial charge in [0.25, 0.3) is 0 Å². The van der Waals surface area contributed by atoms with Gasteiger partial charge in [-0.2, -0.15) is 0 Å². The Hall–Kier alpha value is -2.34. The van der Waals surface area contributed by atoms with Crippen molar-refractivity contribution in [2.45, 2.75) is 72.0 Å². The van der Waals surface area contributed by atoms with Gasteiger partial charge in [0.15, 0.2) is 11.4 Å². The summed E-state index contributed by atoms with van der Waals surface area (Å²) in [6.45, 7) is 9.10. The lowest BCUT2D eigenvalue weighted by atomic mass is 9.91. The lowest BCUT2D eigenvalue weighted by Crippen LogP contribution is -2.39. The lowest BCUT2D eigenvalue weighted by molar-refractivity contribution is -0.0225. The second-order valence-corrected chi connectivity index (χ2v) is 8.56. The highest BCUT2D eigenvalue weighted by Crippen LogP contribution is 2.47. The van der Waals surface area contributed by atoms with Gasteiger partial charge in [-0.25, -0.2) is 4.79 Å². The summed E-state index contributed by atoms with van der Waals surface area (Å²) in [7, 11) is 0. The molecule has 6 heteroatoms. The first-order valence-corrected chi connectivity index (χ1v) is 9.81. The Kier molecular flexibility index (Phi) is 5.28. The van der Waals surface area contributed by atoms with Gasteiger partial charge in [-0.05, 0) is 31.7 Å². The van der Waals surface area contributed by atoms with E-state index in [1.807, 2.05) is 20.8 Å². The molecule has 0 bridgehead atoms. The molecule has 152 valence electrons. The molecule has 1 aromatic heterocycles. The number of ether oxygens (including phenoxy) is 1. The van der Waals surface area contributed by atoms with Crippen LogP contribution < -0.4 is 10.4 Å². The molecule has 2 aromatic rings. The van der Waals surface area contributed by atoms with E-state index in [-0.39, 0.29) is 41.4 Å². The maximum Gasteiger partial charge on any atom is 0.336 e. The van der Waals surface area contributed by atoms with Crippen LogP contribution in [-0.2, 0) is 12.8 Å². The van der Waals surface area contributed by atoms with E-state index < -0.39 is 17.3 Å². The molecule has 1 aliphatic heterocycles. The van der Waals surface area contributed by atoms with Crippen LogP contribution >= 0.6 is 0 Å². The molecule has 1 aromatic carbocycles. The second kappa shape index (κ2) is 7.24. The van der Waals surface area contributed by atoms with Gasteiger partial charge < -0.3 is 19.4 Å². The third-order valence-electron chi connectivity index (χ3n) is 5.12. The summed E-state index contributed by atoms with van der Waals surface area (Å²) in [5, 5.41) is 21.9. The van der Waals surface area contributed by atoms with Crippen LogP contribution in [0.3, 0.4) is 0 Å². The van der Waals surface area contributed by atoms with Crippen molar-refractivity contribution in [3.8, 4) is 11.5 Å². The van der Waals surface area contributed by atoms with E-state index in [4.69, 9.17) is 9.15 Å². The molecule has 3 rings (SSSR count). The number of carbonyl (C=O) groups is 1. The maximum atomic E-state index is 12.9. The van der Waals surface area contributed by atoms with E-state index in [0.29, 0.717) is 23.1 Å². The smallest absolute Gasteiger partial charge is 0.336 e. The van der Waals surface area contributed by atoms with Gasteiger partial charge in [0.05, 0.1) is 11.0 Å². The number of fused-ring (bicyclic) bond motifs is 3. The molecule has 0 radical (unpaired) electrons. The highest BCUT2D eigenvalue weighted by molar-refractivity contribution is 6.11. The van der Waals surface area contributed by atoms with Gasteiger partial charge in [0, 0.05) is 24.5 Å². The van der Waals surface area contributed by atoms with Crippen molar-refractivity contribution >= 4 is 16.8 Å². The van der Waals surface area contributed by atoms with Crippen LogP contribution in [0.5, 0.6) is 11.5 Å². The van der Waals surface area contributed by atoms with Crippen molar-refractivity contribution in [3.63, 3.8) is 0 Å². The fraction of sp³-hybridized carbons (Fsp3) is 0.545. The topological polar surface area (TPSA) is 97.0 Å². The largest absolute Gasteiger partial charge is 0.507 e. The number of rotatable bonds is 6.